The second-order valence-corrected chi connectivity index (χ2v) is 12.3. The highest BCUT2D eigenvalue weighted by Gasteiger charge is 2.64. The van der Waals surface area contributed by atoms with Crippen molar-refractivity contribution in [1.82, 2.24) is 19.9 Å². The van der Waals surface area contributed by atoms with E-state index in [2.05, 4.69) is 33.7 Å². The summed E-state index contributed by atoms with van der Waals surface area (Å²) in [4.78, 5) is 33.3. The molecule has 3 aromatic heterocycles. The number of nitrogens with two attached hydrogens (primary N) is 1. The molecule has 1 fully saturated rings. The van der Waals surface area contributed by atoms with Crippen LogP contribution in [0, 0.1) is 18.8 Å². The summed E-state index contributed by atoms with van der Waals surface area (Å²) in [7, 11) is 1.75. The zero-order chi connectivity index (χ0) is 34.6. The number of benzene rings is 1. The van der Waals surface area contributed by atoms with Crippen LogP contribution in [0.2, 0.25) is 5.02 Å². The Labute approximate surface area is 271 Å². The minimum Gasteiger partial charge on any atom is -0.383 e. The lowest BCUT2D eigenvalue weighted by Gasteiger charge is -2.20. The van der Waals surface area contributed by atoms with Crippen molar-refractivity contribution in [2.75, 3.05) is 11.1 Å². The lowest BCUT2D eigenvalue weighted by molar-refractivity contribution is -0.163. The summed E-state index contributed by atoms with van der Waals surface area (Å²) in [5.74, 6) is 2.61. The van der Waals surface area contributed by atoms with Gasteiger partial charge >= 0.3 is 6.18 Å². The van der Waals surface area contributed by atoms with Gasteiger partial charge in [0.05, 0.1) is 27.2 Å². The minimum atomic E-state index is -4.63. The molecule has 0 aliphatic heterocycles. The average molecular weight is 669 g/mol. The molecule has 1 aliphatic carbocycles. The number of halogens is 5. The predicted octanol–water partition coefficient (Wildman–Crippen LogP) is 6.22. The van der Waals surface area contributed by atoms with Crippen molar-refractivity contribution in [2.24, 2.45) is 7.05 Å². The molecule has 0 atom stereocenters. The van der Waals surface area contributed by atoms with Crippen molar-refractivity contribution in [3.8, 4) is 34.2 Å². The van der Waals surface area contributed by atoms with Crippen molar-refractivity contribution >= 4 is 45.8 Å². The van der Waals surface area contributed by atoms with Crippen molar-refractivity contribution in [3.05, 3.63) is 70.9 Å². The van der Waals surface area contributed by atoms with Crippen LogP contribution >= 0.6 is 11.6 Å². The topological polar surface area (TPSA) is 135 Å². The zero-order valence-corrected chi connectivity index (χ0v) is 26.4. The maximum atomic E-state index is 13.5. The molecule has 0 saturated heterocycles. The van der Waals surface area contributed by atoms with Gasteiger partial charge in [0.1, 0.15) is 22.7 Å². The normalized spacial score (nSPS) is 13.9. The van der Waals surface area contributed by atoms with E-state index < -0.39 is 35.0 Å². The first-order valence-electron chi connectivity index (χ1n) is 14.2. The van der Waals surface area contributed by atoms with Gasteiger partial charge in [-0.1, -0.05) is 36.1 Å². The summed E-state index contributed by atoms with van der Waals surface area (Å²) in [6.45, 7) is 7.82. The van der Waals surface area contributed by atoms with Gasteiger partial charge in [-0.25, -0.2) is 14.4 Å². The highest BCUT2D eigenvalue weighted by molar-refractivity contribution is 6.34. The number of carbonyl (C=O) groups is 2. The minimum absolute atomic E-state index is 0.104. The molecule has 2 amide bonds. The zero-order valence-electron chi connectivity index (χ0n) is 25.7. The predicted molar refractivity (Wildman–Crippen MR) is 171 cm³/mol. The molecular formula is C33H29ClF4N6O3. The Balaban J connectivity index is 1.72. The van der Waals surface area contributed by atoms with Crippen LogP contribution in [0.1, 0.15) is 48.3 Å². The first-order chi connectivity index (χ1) is 21.8. The third-order valence-corrected chi connectivity index (χ3v) is 8.01. The number of rotatable bonds is 6. The molecule has 1 aromatic carbocycles. The number of pyridine rings is 2. The van der Waals surface area contributed by atoms with Gasteiger partial charge < -0.3 is 26.0 Å². The van der Waals surface area contributed by atoms with Crippen molar-refractivity contribution in [1.29, 1.82) is 0 Å². The van der Waals surface area contributed by atoms with Crippen LogP contribution in [-0.4, -0.2) is 48.8 Å². The number of anilines is 2. The van der Waals surface area contributed by atoms with E-state index in [9.17, 15) is 32.3 Å². The highest BCUT2D eigenvalue weighted by atomic mass is 35.5. The Morgan fingerprint density at radius 1 is 1.17 bits per heavy atom. The van der Waals surface area contributed by atoms with E-state index in [1.54, 1.807) is 36.7 Å². The quantitative estimate of drug-likeness (QED) is 0.110. The fraction of sp³-hybridized carbons (Fsp3) is 0.273. The number of nitrogens with zero attached hydrogens (tertiary/aromatic N) is 3. The number of alkyl halides is 3. The first kappa shape index (κ1) is 33.4. The summed E-state index contributed by atoms with van der Waals surface area (Å²) in [5, 5.41) is 15.0. The van der Waals surface area contributed by atoms with E-state index in [0.29, 0.717) is 50.1 Å². The third-order valence-electron chi connectivity index (χ3n) is 7.72. The maximum Gasteiger partial charge on any atom is 0.411 e. The fourth-order valence-electron chi connectivity index (χ4n) is 5.25. The SMILES string of the molecule is C=C(F)C(=O)Nc1ccc(-c2c(-c3cnc(C(=O)NC4(C(F)(F)F)CC4)c(Cl)c3)c3c(N)ncc(C#CC(C)(C)O)c3n2C)c(C)c1. The summed E-state index contributed by atoms with van der Waals surface area (Å²) in [6, 6.07) is 6.29. The van der Waals surface area contributed by atoms with Crippen molar-refractivity contribution < 1.29 is 32.3 Å². The number of amides is 2. The summed E-state index contributed by atoms with van der Waals surface area (Å²) < 4.78 is 55.7. The number of aryl methyl sites for hydroxylation is 2. The molecule has 0 unspecified atom stereocenters. The number of nitrogens with one attached hydrogen (secondary N) is 2. The molecular weight excluding hydrogens is 640 g/mol. The molecule has 1 saturated carbocycles. The van der Waals surface area contributed by atoms with E-state index in [1.165, 1.54) is 32.3 Å². The molecule has 0 spiro atoms. The van der Waals surface area contributed by atoms with E-state index in [0.717, 1.165) is 0 Å². The highest BCUT2D eigenvalue weighted by Crippen LogP contribution is 2.49. The number of hydrogen-bond donors (Lipinski definition) is 4. The van der Waals surface area contributed by atoms with Crippen LogP contribution in [0.4, 0.5) is 29.1 Å². The number of aliphatic hydroxyl groups is 1. The van der Waals surface area contributed by atoms with E-state index >= 15 is 0 Å². The van der Waals surface area contributed by atoms with Crippen LogP contribution in [0.5, 0.6) is 0 Å². The number of aromatic nitrogens is 3. The second-order valence-electron chi connectivity index (χ2n) is 11.8. The maximum absolute atomic E-state index is 13.5. The van der Waals surface area contributed by atoms with Gasteiger partial charge in [-0.2, -0.15) is 13.2 Å². The smallest absolute Gasteiger partial charge is 0.383 e. The third kappa shape index (κ3) is 6.39. The fourth-order valence-corrected chi connectivity index (χ4v) is 5.50. The molecule has 47 heavy (non-hydrogen) atoms. The lowest BCUT2D eigenvalue weighted by atomic mass is 9.96. The van der Waals surface area contributed by atoms with Crippen molar-refractivity contribution in [3.63, 3.8) is 0 Å². The van der Waals surface area contributed by atoms with E-state index in [-0.39, 0.29) is 29.4 Å². The lowest BCUT2D eigenvalue weighted by Crippen LogP contribution is -2.48. The Bertz CT molecular complexity index is 2050. The molecule has 1 aliphatic rings. The molecule has 3 heterocycles. The second kappa shape index (κ2) is 11.7. The van der Waals surface area contributed by atoms with E-state index in [1.807, 2.05) is 5.32 Å². The summed E-state index contributed by atoms with van der Waals surface area (Å²) in [6.07, 6.45) is -2.34. The standard InChI is InChI=1S/C33H29ClF4N6O3/c1-16-12-20(42-29(45)17(2)35)6-7-21(16)27-23(24-26(44(27)5)18(14-41-28(24)39)8-9-31(3,4)47)19-13-22(34)25(40-15-19)30(46)43-32(10-11-32)33(36,37)38/h6-7,12-15,47H,2,10-11H2,1,3-5H3,(H2,39,41)(H,42,45)(H,43,46). The van der Waals surface area contributed by atoms with Crippen LogP contribution in [0.15, 0.2) is 49.1 Å². The Morgan fingerprint density at radius 3 is 2.40 bits per heavy atom. The molecule has 9 nitrogen and oxygen atoms in total. The summed E-state index contributed by atoms with van der Waals surface area (Å²) in [5.41, 5.74) is 6.34. The van der Waals surface area contributed by atoms with Gasteiger partial charge in [0.25, 0.3) is 11.8 Å². The summed E-state index contributed by atoms with van der Waals surface area (Å²) >= 11 is 6.50. The number of fused-ring (bicyclic) bond motifs is 1. The van der Waals surface area contributed by atoms with Gasteiger partial charge in [0.2, 0.25) is 0 Å². The monoisotopic (exact) mass is 668 g/mol. The Morgan fingerprint density at radius 2 is 1.85 bits per heavy atom. The van der Waals surface area contributed by atoms with Gasteiger partial charge in [-0.15, -0.1) is 0 Å². The average Bonchev–Trinajstić information content (AvgIpc) is 3.69. The van der Waals surface area contributed by atoms with Crippen LogP contribution in [-0.2, 0) is 11.8 Å². The van der Waals surface area contributed by atoms with Gasteiger partial charge in [0, 0.05) is 41.8 Å². The first-order valence-corrected chi connectivity index (χ1v) is 14.6. The molecule has 4 aromatic rings. The number of nitrogen functional groups attached to an aromatic ring is 1. The van der Waals surface area contributed by atoms with Crippen LogP contribution < -0.4 is 16.4 Å². The van der Waals surface area contributed by atoms with Crippen molar-refractivity contribution in [2.45, 2.75) is 50.9 Å². The Hall–Kier alpha value is -4.93. The molecule has 0 bridgehead atoms. The molecule has 14 heteroatoms. The van der Waals surface area contributed by atoms with E-state index in [4.69, 9.17) is 17.3 Å². The van der Waals surface area contributed by atoms with Crippen LogP contribution in [0.3, 0.4) is 0 Å². The Kier molecular flexibility index (Phi) is 8.32. The largest absolute Gasteiger partial charge is 0.411 e. The molecule has 5 N–H and O–H groups in total. The van der Waals surface area contributed by atoms with Gasteiger partial charge in [-0.3, -0.25) is 9.59 Å². The number of carbonyl (C=O) groups excluding carboxylic acids is 2. The van der Waals surface area contributed by atoms with Gasteiger partial charge in [0.15, 0.2) is 5.83 Å². The number of hydrogen-bond acceptors (Lipinski definition) is 6. The molecule has 0 radical (unpaired) electrons. The molecule has 244 valence electrons. The molecule has 5 rings (SSSR count). The van der Waals surface area contributed by atoms with Crippen LogP contribution in [0.25, 0.3) is 33.3 Å². The van der Waals surface area contributed by atoms with Gasteiger partial charge in [-0.05, 0) is 57.4 Å².